The van der Waals surface area contributed by atoms with Crippen molar-refractivity contribution in [1.82, 2.24) is 4.40 Å². The molecule has 0 bridgehead atoms. The SMILES string of the molecule is COc1ccn2c(C(C)=O)cc(C(=O)c3ccc4c(c3)Sc3ccccc3N4)c2c1. The van der Waals surface area contributed by atoms with Crippen LogP contribution in [-0.4, -0.2) is 23.1 Å². The third-order valence-corrected chi connectivity index (χ3v) is 6.34. The number of carbonyl (C=O) groups excluding carboxylic acids is 2. The molecule has 0 unspecified atom stereocenters. The van der Waals surface area contributed by atoms with Crippen LogP contribution in [0.25, 0.3) is 5.52 Å². The number of rotatable bonds is 4. The van der Waals surface area contributed by atoms with E-state index in [1.807, 2.05) is 36.4 Å². The van der Waals surface area contributed by atoms with Gasteiger partial charge in [0.25, 0.3) is 0 Å². The van der Waals surface area contributed by atoms with E-state index in [0.29, 0.717) is 28.1 Å². The van der Waals surface area contributed by atoms with Crippen molar-refractivity contribution in [2.45, 2.75) is 16.7 Å². The number of nitrogens with zero attached hydrogens (tertiary/aromatic N) is 1. The minimum Gasteiger partial charge on any atom is -0.497 e. The van der Waals surface area contributed by atoms with E-state index in [1.54, 1.807) is 47.7 Å². The van der Waals surface area contributed by atoms with Crippen LogP contribution in [0.3, 0.4) is 0 Å². The van der Waals surface area contributed by atoms with Crippen LogP contribution in [0.5, 0.6) is 5.75 Å². The number of methoxy groups -OCH3 is 1. The molecule has 4 aromatic rings. The normalized spacial score (nSPS) is 12.1. The van der Waals surface area contributed by atoms with E-state index >= 15 is 0 Å². The van der Waals surface area contributed by atoms with Gasteiger partial charge in [0.15, 0.2) is 11.6 Å². The Bertz CT molecular complexity index is 1340. The van der Waals surface area contributed by atoms with E-state index < -0.39 is 0 Å². The number of carbonyl (C=O) groups is 2. The van der Waals surface area contributed by atoms with E-state index in [-0.39, 0.29) is 11.6 Å². The summed E-state index contributed by atoms with van der Waals surface area (Å²) in [5.41, 5.74) is 4.21. The molecule has 2 aromatic carbocycles. The number of benzene rings is 2. The highest BCUT2D eigenvalue weighted by Crippen LogP contribution is 2.44. The topological polar surface area (TPSA) is 59.8 Å². The number of nitrogens with one attached hydrogen (secondary N) is 1. The molecule has 0 aliphatic carbocycles. The van der Waals surface area contributed by atoms with Gasteiger partial charge in [-0.1, -0.05) is 23.9 Å². The highest BCUT2D eigenvalue weighted by Gasteiger charge is 2.22. The molecular formula is C24H18N2O3S. The Balaban J connectivity index is 1.59. The number of aromatic nitrogens is 1. The van der Waals surface area contributed by atoms with Gasteiger partial charge in [0, 0.05) is 40.1 Å². The molecule has 0 radical (unpaired) electrons. The molecule has 30 heavy (non-hydrogen) atoms. The zero-order valence-corrected chi connectivity index (χ0v) is 17.2. The molecule has 148 valence electrons. The number of hydrogen-bond donors (Lipinski definition) is 1. The van der Waals surface area contributed by atoms with Gasteiger partial charge in [0.2, 0.25) is 0 Å². The maximum absolute atomic E-state index is 13.4. The first-order valence-corrected chi connectivity index (χ1v) is 10.3. The second kappa shape index (κ2) is 7.07. The molecule has 5 nitrogen and oxygen atoms in total. The molecule has 0 saturated carbocycles. The molecule has 0 amide bonds. The van der Waals surface area contributed by atoms with Gasteiger partial charge in [0.1, 0.15) is 5.75 Å². The molecule has 1 aliphatic rings. The third kappa shape index (κ3) is 2.97. The molecule has 3 heterocycles. The molecule has 2 aromatic heterocycles. The fourth-order valence-electron chi connectivity index (χ4n) is 3.69. The maximum Gasteiger partial charge on any atom is 0.195 e. The quantitative estimate of drug-likeness (QED) is 0.389. The molecule has 0 saturated heterocycles. The Morgan fingerprint density at radius 3 is 2.57 bits per heavy atom. The highest BCUT2D eigenvalue weighted by atomic mass is 32.2. The summed E-state index contributed by atoms with van der Waals surface area (Å²) in [6, 6.07) is 19.0. The molecule has 5 rings (SSSR count). The van der Waals surface area contributed by atoms with Crippen LogP contribution in [0.4, 0.5) is 11.4 Å². The van der Waals surface area contributed by atoms with Crippen LogP contribution < -0.4 is 10.1 Å². The number of ether oxygens (including phenoxy) is 1. The van der Waals surface area contributed by atoms with Crippen LogP contribution in [0.2, 0.25) is 0 Å². The first-order chi connectivity index (χ1) is 14.5. The average Bonchev–Trinajstić information content (AvgIpc) is 3.15. The van der Waals surface area contributed by atoms with Crippen molar-refractivity contribution in [3.8, 4) is 5.75 Å². The Labute approximate surface area is 177 Å². The van der Waals surface area contributed by atoms with Gasteiger partial charge >= 0.3 is 0 Å². The highest BCUT2D eigenvalue weighted by molar-refractivity contribution is 7.99. The number of anilines is 2. The van der Waals surface area contributed by atoms with Crippen LogP contribution in [0.1, 0.15) is 33.3 Å². The average molecular weight is 414 g/mol. The van der Waals surface area contributed by atoms with Gasteiger partial charge in [-0.05, 0) is 42.5 Å². The Morgan fingerprint density at radius 2 is 1.77 bits per heavy atom. The molecule has 0 fully saturated rings. The first kappa shape index (κ1) is 18.5. The lowest BCUT2D eigenvalue weighted by Gasteiger charge is -2.21. The molecule has 0 atom stereocenters. The van der Waals surface area contributed by atoms with Crippen LogP contribution in [-0.2, 0) is 0 Å². The zero-order valence-electron chi connectivity index (χ0n) is 16.4. The van der Waals surface area contributed by atoms with Gasteiger partial charge in [0.05, 0.1) is 29.7 Å². The lowest BCUT2D eigenvalue weighted by molar-refractivity contribution is 0.101. The second-order valence-corrected chi connectivity index (χ2v) is 8.17. The molecule has 0 spiro atoms. The van der Waals surface area contributed by atoms with Gasteiger partial charge < -0.3 is 14.5 Å². The van der Waals surface area contributed by atoms with Crippen molar-refractivity contribution < 1.29 is 14.3 Å². The van der Waals surface area contributed by atoms with E-state index in [1.165, 1.54) is 6.92 Å². The number of ketones is 2. The lowest BCUT2D eigenvalue weighted by atomic mass is 10.0. The Morgan fingerprint density at radius 1 is 0.967 bits per heavy atom. The van der Waals surface area contributed by atoms with E-state index in [9.17, 15) is 9.59 Å². The number of pyridine rings is 1. The summed E-state index contributed by atoms with van der Waals surface area (Å²) in [5, 5.41) is 3.41. The summed E-state index contributed by atoms with van der Waals surface area (Å²) in [4.78, 5) is 27.7. The largest absolute Gasteiger partial charge is 0.497 e. The number of Topliss-reactive ketones (excluding diaryl/α,β-unsaturated/α-hetero) is 1. The van der Waals surface area contributed by atoms with Crippen molar-refractivity contribution >= 4 is 40.2 Å². The molecular weight excluding hydrogens is 396 g/mol. The monoisotopic (exact) mass is 414 g/mol. The smallest absolute Gasteiger partial charge is 0.195 e. The summed E-state index contributed by atoms with van der Waals surface area (Å²) in [6.45, 7) is 1.50. The number of para-hydroxylation sites is 1. The van der Waals surface area contributed by atoms with E-state index in [2.05, 4.69) is 11.4 Å². The number of fused-ring (bicyclic) bond motifs is 3. The summed E-state index contributed by atoms with van der Waals surface area (Å²) < 4.78 is 7.06. The summed E-state index contributed by atoms with van der Waals surface area (Å²) in [6.07, 6.45) is 1.76. The van der Waals surface area contributed by atoms with Crippen molar-refractivity contribution in [2.75, 3.05) is 12.4 Å². The standard InChI is InChI=1S/C24H18N2O3S/c1-14(27)20-13-17(21-12-16(29-2)9-10-26(20)21)24(28)15-7-8-19-23(11-15)30-22-6-4-3-5-18(22)25-19/h3-13,25H,1-2H3. The van der Waals surface area contributed by atoms with E-state index in [4.69, 9.17) is 4.74 Å². The molecule has 1 aliphatic heterocycles. The fourth-order valence-corrected chi connectivity index (χ4v) is 4.72. The van der Waals surface area contributed by atoms with Crippen LogP contribution >= 0.6 is 11.8 Å². The van der Waals surface area contributed by atoms with Crippen molar-refractivity contribution in [1.29, 1.82) is 0 Å². The van der Waals surface area contributed by atoms with Crippen molar-refractivity contribution in [3.63, 3.8) is 0 Å². The van der Waals surface area contributed by atoms with Gasteiger partial charge in [-0.3, -0.25) is 9.59 Å². The van der Waals surface area contributed by atoms with Crippen LogP contribution in [0.15, 0.2) is 76.7 Å². The second-order valence-electron chi connectivity index (χ2n) is 7.08. The van der Waals surface area contributed by atoms with Crippen molar-refractivity contribution in [3.05, 3.63) is 83.7 Å². The number of hydrogen-bond acceptors (Lipinski definition) is 5. The minimum absolute atomic E-state index is 0.101. The Kier molecular flexibility index (Phi) is 4.37. The summed E-state index contributed by atoms with van der Waals surface area (Å²) in [7, 11) is 1.58. The molecule has 1 N–H and O–H groups in total. The first-order valence-electron chi connectivity index (χ1n) is 9.48. The van der Waals surface area contributed by atoms with Gasteiger partial charge in [-0.25, -0.2) is 0 Å². The fraction of sp³-hybridized carbons (Fsp3) is 0.0833. The van der Waals surface area contributed by atoms with E-state index in [0.717, 1.165) is 21.2 Å². The zero-order chi connectivity index (χ0) is 20.8. The van der Waals surface area contributed by atoms with Gasteiger partial charge in [-0.15, -0.1) is 0 Å². The van der Waals surface area contributed by atoms with Gasteiger partial charge in [-0.2, -0.15) is 0 Å². The van der Waals surface area contributed by atoms with Crippen LogP contribution in [0, 0.1) is 0 Å². The van der Waals surface area contributed by atoms with Crippen molar-refractivity contribution in [2.24, 2.45) is 0 Å². The third-order valence-electron chi connectivity index (χ3n) is 5.20. The lowest BCUT2D eigenvalue weighted by Crippen LogP contribution is -2.04. The predicted octanol–water partition coefficient (Wildman–Crippen LogP) is 5.59. The predicted molar refractivity (Wildman–Crippen MR) is 118 cm³/mol. The molecule has 6 heteroatoms. The maximum atomic E-state index is 13.4. The Hall–Kier alpha value is -3.51. The summed E-state index contributed by atoms with van der Waals surface area (Å²) in [5.74, 6) is 0.401. The summed E-state index contributed by atoms with van der Waals surface area (Å²) >= 11 is 1.64. The minimum atomic E-state index is -0.129.